The molecule has 0 saturated carbocycles. The fourth-order valence-corrected chi connectivity index (χ4v) is 2.05. The number of ketones is 1. The van der Waals surface area contributed by atoms with Crippen LogP contribution >= 0.6 is 0 Å². The van der Waals surface area contributed by atoms with Crippen LogP contribution in [0.3, 0.4) is 0 Å². The van der Waals surface area contributed by atoms with Gasteiger partial charge in [0.15, 0.2) is 5.78 Å². The minimum Gasteiger partial charge on any atom is -0.496 e. The number of aliphatic hydroxyl groups is 1. The number of aliphatic hydroxyl groups excluding tert-OH is 1. The highest BCUT2D eigenvalue weighted by molar-refractivity contribution is 5.95. The van der Waals surface area contributed by atoms with Crippen molar-refractivity contribution in [1.82, 2.24) is 0 Å². The molecule has 2 rings (SSSR count). The molecule has 0 amide bonds. The standard InChI is InChI=1S/C16H16O3/c1-11(18)12-7-8-15(16(9-12)19-2)14-6-4-3-5-13(14)10-17/h3-9,17H,10H2,1-2H3. The van der Waals surface area contributed by atoms with Crippen molar-refractivity contribution in [2.24, 2.45) is 0 Å². The molecule has 0 saturated heterocycles. The van der Waals surface area contributed by atoms with Crippen LogP contribution in [0.2, 0.25) is 0 Å². The van der Waals surface area contributed by atoms with Crippen molar-refractivity contribution in [1.29, 1.82) is 0 Å². The third kappa shape index (κ3) is 2.66. The van der Waals surface area contributed by atoms with E-state index in [9.17, 15) is 9.90 Å². The van der Waals surface area contributed by atoms with Crippen molar-refractivity contribution in [3.63, 3.8) is 0 Å². The highest BCUT2D eigenvalue weighted by Crippen LogP contribution is 2.33. The smallest absolute Gasteiger partial charge is 0.159 e. The van der Waals surface area contributed by atoms with Crippen LogP contribution in [-0.2, 0) is 6.61 Å². The summed E-state index contributed by atoms with van der Waals surface area (Å²) in [4.78, 5) is 11.4. The summed E-state index contributed by atoms with van der Waals surface area (Å²) >= 11 is 0. The summed E-state index contributed by atoms with van der Waals surface area (Å²) in [6.45, 7) is 1.49. The SMILES string of the molecule is COc1cc(C(C)=O)ccc1-c1ccccc1CO. The number of ether oxygens (including phenoxy) is 1. The predicted molar refractivity (Wildman–Crippen MR) is 74.4 cm³/mol. The maximum Gasteiger partial charge on any atom is 0.159 e. The van der Waals surface area contributed by atoms with E-state index in [4.69, 9.17) is 4.74 Å². The summed E-state index contributed by atoms with van der Waals surface area (Å²) in [7, 11) is 1.57. The van der Waals surface area contributed by atoms with E-state index in [1.165, 1.54) is 6.92 Å². The van der Waals surface area contributed by atoms with Crippen molar-refractivity contribution in [3.05, 3.63) is 53.6 Å². The van der Waals surface area contributed by atoms with E-state index in [0.29, 0.717) is 11.3 Å². The summed E-state index contributed by atoms with van der Waals surface area (Å²) in [5.74, 6) is 0.633. The van der Waals surface area contributed by atoms with E-state index in [-0.39, 0.29) is 12.4 Å². The molecule has 0 aliphatic heterocycles. The molecule has 0 radical (unpaired) electrons. The van der Waals surface area contributed by atoms with E-state index in [0.717, 1.165) is 16.7 Å². The Morgan fingerprint density at radius 2 is 1.89 bits per heavy atom. The van der Waals surface area contributed by atoms with Crippen LogP contribution in [0.5, 0.6) is 5.75 Å². The van der Waals surface area contributed by atoms with Crippen LogP contribution in [0.15, 0.2) is 42.5 Å². The van der Waals surface area contributed by atoms with Gasteiger partial charge >= 0.3 is 0 Å². The molecule has 0 unspecified atom stereocenters. The van der Waals surface area contributed by atoms with E-state index in [1.807, 2.05) is 30.3 Å². The molecule has 0 aliphatic carbocycles. The molecule has 98 valence electrons. The van der Waals surface area contributed by atoms with E-state index >= 15 is 0 Å². The molecule has 0 heterocycles. The Labute approximate surface area is 112 Å². The lowest BCUT2D eigenvalue weighted by atomic mass is 9.97. The first-order valence-corrected chi connectivity index (χ1v) is 6.05. The molecule has 0 aliphatic rings. The second kappa shape index (κ2) is 5.67. The van der Waals surface area contributed by atoms with Crippen LogP contribution in [0.1, 0.15) is 22.8 Å². The van der Waals surface area contributed by atoms with Gasteiger partial charge in [-0.05, 0) is 30.2 Å². The van der Waals surface area contributed by atoms with Gasteiger partial charge in [-0.3, -0.25) is 4.79 Å². The Balaban J connectivity index is 2.59. The number of hydrogen-bond donors (Lipinski definition) is 1. The Morgan fingerprint density at radius 3 is 2.53 bits per heavy atom. The molecule has 0 fully saturated rings. The van der Waals surface area contributed by atoms with Gasteiger partial charge in [-0.25, -0.2) is 0 Å². The number of Topliss-reactive ketones (excluding diaryl/α,β-unsaturated/α-hetero) is 1. The summed E-state index contributed by atoms with van der Waals surface area (Å²) < 4.78 is 5.36. The Bertz CT molecular complexity index is 603. The van der Waals surface area contributed by atoms with Crippen molar-refractivity contribution in [2.75, 3.05) is 7.11 Å². The molecule has 0 aromatic heterocycles. The lowest BCUT2D eigenvalue weighted by molar-refractivity contribution is 0.101. The van der Waals surface area contributed by atoms with Gasteiger partial charge < -0.3 is 9.84 Å². The number of methoxy groups -OCH3 is 1. The van der Waals surface area contributed by atoms with Crippen molar-refractivity contribution >= 4 is 5.78 Å². The highest BCUT2D eigenvalue weighted by Gasteiger charge is 2.11. The molecular formula is C16H16O3. The number of carbonyl (C=O) groups excluding carboxylic acids is 1. The van der Waals surface area contributed by atoms with Gasteiger partial charge in [0.25, 0.3) is 0 Å². The predicted octanol–water partition coefficient (Wildman–Crippen LogP) is 3.06. The van der Waals surface area contributed by atoms with Gasteiger partial charge in [-0.15, -0.1) is 0 Å². The first-order chi connectivity index (χ1) is 9.17. The monoisotopic (exact) mass is 256 g/mol. The maximum absolute atomic E-state index is 11.4. The molecule has 3 nitrogen and oxygen atoms in total. The fourth-order valence-electron chi connectivity index (χ4n) is 2.05. The molecule has 0 atom stereocenters. The molecule has 0 bridgehead atoms. The summed E-state index contributed by atoms with van der Waals surface area (Å²) in [5, 5.41) is 9.39. The molecule has 3 heteroatoms. The van der Waals surface area contributed by atoms with Crippen LogP contribution < -0.4 is 4.74 Å². The molecule has 2 aromatic carbocycles. The fraction of sp³-hybridized carbons (Fsp3) is 0.188. The lowest BCUT2D eigenvalue weighted by Gasteiger charge is -2.12. The molecule has 19 heavy (non-hydrogen) atoms. The number of rotatable bonds is 4. The summed E-state index contributed by atoms with van der Waals surface area (Å²) in [5.41, 5.74) is 3.23. The topological polar surface area (TPSA) is 46.5 Å². The van der Waals surface area contributed by atoms with Gasteiger partial charge in [0.05, 0.1) is 13.7 Å². The Morgan fingerprint density at radius 1 is 1.16 bits per heavy atom. The van der Waals surface area contributed by atoms with Crippen molar-refractivity contribution < 1.29 is 14.6 Å². The van der Waals surface area contributed by atoms with Crippen molar-refractivity contribution in [2.45, 2.75) is 13.5 Å². The maximum atomic E-state index is 11.4. The van der Waals surface area contributed by atoms with E-state index < -0.39 is 0 Å². The summed E-state index contributed by atoms with van der Waals surface area (Å²) in [6.07, 6.45) is 0. The quantitative estimate of drug-likeness (QED) is 0.855. The minimum atomic E-state index is -0.0339. The van der Waals surface area contributed by atoms with E-state index in [2.05, 4.69) is 0 Å². The lowest BCUT2D eigenvalue weighted by Crippen LogP contribution is -1.97. The summed E-state index contributed by atoms with van der Waals surface area (Å²) in [6, 6.07) is 12.9. The second-order valence-corrected chi connectivity index (χ2v) is 4.29. The third-order valence-corrected chi connectivity index (χ3v) is 3.09. The van der Waals surface area contributed by atoms with Gasteiger partial charge in [0.2, 0.25) is 0 Å². The van der Waals surface area contributed by atoms with Crippen LogP contribution in [0.4, 0.5) is 0 Å². The minimum absolute atomic E-state index is 0.000272. The second-order valence-electron chi connectivity index (χ2n) is 4.29. The highest BCUT2D eigenvalue weighted by atomic mass is 16.5. The van der Waals surface area contributed by atoms with Gasteiger partial charge in [0.1, 0.15) is 5.75 Å². The number of hydrogen-bond acceptors (Lipinski definition) is 3. The Hall–Kier alpha value is -2.13. The first kappa shape index (κ1) is 13.3. The van der Waals surface area contributed by atoms with Crippen molar-refractivity contribution in [3.8, 4) is 16.9 Å². The van der Waals surface area contributed by atoms with Crippen LogP contribution in [-0.4, -0.2) is 18.0 Å². The zero-order valence-electron chi connectivity index (χ0n) is 11.0. The zero-order valence-corrected chi connectivity index (χ0v) is 11.0. The largest absolute Gasteiger partial charge is 0.496 e. The van der Waals surface area contributed by atoms with Crippen LogP contribution in [0.25, 0.3) is 11.1 Å². The average molecular weight is 256 g/mol. The first-order valence-electron chi connectivity index (χ1n) is 6.05. The van der Waals surface area contributed by atoms with Gasteiger partial charge in [-0.1, -0.05) is 30.3 Å². The number of carbonyl (C=O) groups is 1. The van der Waals surface area contributed by atoms with E-state index in [1.54, 1.807) is 19.2 Å². The number of benzene rings is 2. The van der Waals surface area contributed by atoms with Gasteiger partial charge in [-0.2, -0.15) is 0 Å². The molecule has 2 aromatic rings. The zero-order chi connectivity index (χ0) is 13.8. The normalized spacial score (nSPS) is 10.3. The molecule has 0 spiro atoms. The van der Waals surface area contributed by atoms with Gasteiger partial charge in [0, 0.05) is 11.1 Å². The molecule has 1 N–H and O–H groups in total. The third-order valence-electron chi connectivity index (χ3n) is 3.09. The average Bonchev–Trinajstić information content (AvgIpc) is 2.46. The van der Waals surface area contributed by atoms with Crippen LogP contribution in [0, 0.1) is 0 Å². The molecular weight excluding hydrogens is 240 g/mol. The Kier molecular flexibility index (Phi) is 3.97.